The molecule has 0 saturated carbocycles. The highest BCUT2D eigenvalue weighted by molar-refractivity contribution is 5.91. The van der Waals surface area contributed by atoms with E-state index in [1.54, 1.807) is 39.4 Å². The molecule has 0 aliphatic heterocycles. The number of carboxylic acids is 1. The van der Waals surface area contributed by atoms with E-state index in [1.165, 1.54) is 4.90 Å². The number of carbonyl (C=O) groups excluding carboxylic acids is 1. The number of carbonyl (C=O) groups is 2. The number of nitrogens with zero attached hydrogens (tertiary/aromatic N) is 2. The Kier molecular flexibility index (Phi) is 6.30. The van der Waals surface area contributed by atoms with Gasteiger partial charge in [-0.2, -0.15) is 0 Å². The van der Waals surface area contributed by atoms with Crippen molar-refractivity contribution < 1.29 is 19.4 Å². The number of methoxy groups -OCH3 is 1. The van der Waals surface area contributed by atoms with Crippen LogP contribution < -0.4 is 10.1 Å². The van der Waals surface area contributed by atoms with Crippen molar-refractivity contribution in [2.24, 2.45) is 7.05 Å². The maximum Gasteiger partial charge on any atom is 0.336 e. The average molecular weight is 409 g/mol. The van der Waals surface area contributed by atoms with E-state index in [1.807, 2.05) is 17.8 Å². The minimum absolute atomic E-state index is 0.117. The lowest BCUT2D eigenvalue weighted by molar-refractivity contribution is 0.0695. The van der Waals surface area contributed by atoms with Crippen molar-refractivity contribution in [2.75, 3.05) is 27.7 Å². The summed E-state index contributed by atoms with van der Waals surface area (Å²) in [7, 11) is 6.94. The van der Waals surface area contributed by atoms with Crippen LogP contribution in [0, 0.1) is 0 Å². The van der Waals surface area contributed by atoms with E-state index in [-0.39, 0.29) is 11.6 Å². The SMILES string of the molecule is COc1cccc(C(=O)O)c1Cc1cn(C)c2ccc(CCNC(=O)N(C)C)cc12. The molecule has 0 saturated heterocycles. The summed E-state index contributed by atoms with van der Waals surface area (Å²) in [5.41, 5.74) is 4.10. The predicted molar refractivity (Wildman–Crippen MR) is 116 cm³/mol. The van der Waals surface area contributed by atoms with E-state index in [9.17, 15) is 14.7 Å². The molecule has 2 amide bonds. The van der Waals surface area contributed by atoms with Gasteiger partial charge < -0.3 is 24.6 Å². The second-order valence-corrected chi connectivity index (χ2v) is 7.46. The van der Waals surface area contributed by atoms with E-state index in [4.69, 9.17) is 4.74 Å². The zero-order valence-corrected chi connectivity index (χ0v) is 17.7. The van der Waals surface area contributed by atoms with Crippen LogP contribution in [0.1, 0.15) is 27.0 Å². The normalized spacial score (nSPS) is 10.8. The monoisotopic (exact) mass is 409 g/mol. The molecule has 0 radical (unpaired) electrons. The van der Waals surface area contributed by atoms with Crippen molar-refractivity contribution in [1.82, 2.24) is 14.8 Å². The van der Waals surface area contributed by atoms with Crippen molar-refractivity contribution in [2.45, 2.75) is 12.8 Å². The molecule has 0 aliphatic rings. The van der Waals surface area contributed by atoms with Crippen molar-refractivity contribution >= 4 is 22.9 Å². The number of benzene rings is 2. The van der Waals surface area contributed by atoms with Crippen molar-refractivity contribution in [1.29, 1.82) is 0 Å². The van der Waals surface area contributed by atoms with Gasteiger partial charge in [-0.1, -0.05) is 12.1 Å². The minimum Gasteiger partial charge on any atom is -0.496 e. The first kappa shape index (κ1) is 21.2. The summed E-state index contributed by atoms with van der Waals surface area (Å²) >= 11 is 0. The highest BCUT2D eigenvalue weighted by Gasteiger charge is 2.17. The number of urea groups is 1. The van der Waals surface area contributed by atoms with E-state index in [0.29, 0.717) is 30.7 Å². The molecule has 1 aromatic heterocycles. The molecule has 0 spiro atoms. The molecular formula is C23H27N3O4. The molecule has 158 valence electrons. The molecule has 2 aromatic carbocycles. The van der Waals surface area contributed by atoms with E-state index < -0.39 is 5.97 Å². The largest absolute Gasteiger partial charge is 0.496 e. The summed E-state index contributed by atoms with van der Waals surface area (Å²) < 4.78 is 7.47. The smallest absolute Gasteiger partial charge is 0.336 e. The van der Waals surface area contributed by atoms with Gasteiger partial charge in [0, 0.05) is 56.8 Å². The van der Waals surface area contributed by atoms with Gasteiger partial charge >= 0.3 is 12.0 Å². The van der Waals surface area contributed by atoms with Gasteiger partial charge in [-0.3, -0.25) is 0 Å². The molecule has 3 aromatic rings. The van der Waals surface area contributed by atoms with Crippen LogP contribution >= 0.6 is 0 Å². The Balaban J connectivity index is 1.92. The Labute approximate surface area is 175 Å². The number of aromatic nitrogens is 1. The molecule has 7 nitrogen and oxygen atoms in total. The van der Waals surface area contributed by atoms with Crippen molar-refractivity contribution in [3.8, 4) is 5.75 Å². The maximum absolute atomic E-state index is 11.7. The van der Waals surface area contributed by atoms with Gasteiger partial charge in [0.25, 0.3) is 0 Å². The topological polar surface area (TPSA) is 83.8 Å². The van der Waals surface area contributed by atoms with Crippen LogP contribution in [0.2, 0.25) is 0 Å². The summed E-state index contributed by atoms with van der Waals surface area (Å²) in [5.74, 6) is -0.407. The lowest BCUT2D eigenvalue weighted by Gasteiger charge is -2.12. The lowest BCUT2D eigenvalue weighted by atomic mass is 9.97. The number of nitrogens with one attached hydrogen (secondary N) is 1. The molecule has 1 heterocycles. The average Bonchev–Trinajstić information content (AvgIpc) is 3.02. The number of hydrogen-bond donors (Lipinski definition) is 2. The van der Waals surface area contributed by atoms with E-state index >= 15 is 0 Å². The number of carboxylic acid groups (broad SMARTS) is 1. The van der Waals surface area contributed by atoms with Crippen LogP contribution in [0.15, 0.2) is 42.6 Å². The van der Waals surface area contributed by atoms with Crippen LogP contribution in [0.4, 0.5) is 4.79 Å². The van der Waals surface area contributed by atoms with Gasteiger partial charge in [0.15, 0.2) is 0 Å². The Morgan fingerprint density at radius 1 is 1.20 bits per heavy atom. The Morgan fingerprint density at radius 2 is 1.97 bits per heavy atom. The van der Waals surface area contributed by atoms with Crippen LogP contribution in [-0.2, 0) is 19.9 Å². The quantitative estimate of drug-likeness (QED) is 0.627. The number of aromatic carboxylic acids is 1. The fourth-order valence-corrected chi connectivity index (χ4v) is 3.62. The van der Waals surface area contributed by atoms with Crippen LogP contribution in [-0.4, -0.2) is 54.3 Å². The predicted octanol–water partition coefficient (Wildman–Crippen LogP) is 3.29. The summed E-state index contributed by atoms with van der Waals surface area (Å²) in [5, 5.41) is 13.5. The summed E-state index contributed by atoms with van der Waals surface area (Å²) in [4.78, 5) is 24.9. The number of rotatable bonds is 7. The molecule has 3 rings (SSSR count). The van der Waals surface area contributed by atoms with Crippen LogP contribution in [0.25, 0.3) is 10.9 Å². The van der Waals surface area contributed by atoms with Crippen molar-refractivity contribution in [3.05, 3.63) is 64.8 Å². The van der Waals surface area contributed by atoms with Crippen LogP contribution in [0.5, 0.6) is 5.75 Å². The zero-order chi connectivity index (χ0) is 21.8. The van der Waals surface area contributed by atoms with Gasteiger partial charge in [-0.15, -0.1) is 0 Å². The molecule has 0 fully saturated rings. The molecule has 7 heteroatoms. The third-order valence-electron chi connectivity index (χ3n) is 5.18. The van der Waals surface area contributed by atoms with Gasteiger partial charge in [0.05, 0.1) is 12.7 Å². The van der Waals surface area contributed by atoms with Gasteiger partial charge in [0.2, 0.25) is 0 Å². The van der Waals surface area contributed by atoms with Crippen LogP contribution in [0.3, 0.4) is 0 Å². The molecule has 0 aliphatic carbocycles. The Morgan fingerprint density at radius 3 is 2.63 bits per heavy atom. The minimum atomic E-state index is -0.971. The fourth-order valence-electron chi connectivity index (χ4n) is 3.62. The molecule has 30 heavy (non-hydrogen) atoms. The fraction of sp³-hybridized carbons (Fsp3) is 0.304. The molecular weight excluding hydrogens is 382 g/mol. The van der Waals surface area contributed by atoms with Gasteiger partial charge in [0.1, 0.15) is 5.75 Å². The summed E-state index contributed by atoms with van der Waals surface area (Å²) in [6.45, 7) is 0.542. The second kappa shape index (κ2) is 8.90. The van der Waals surface area contributed by atoms with E-state index in [2.05, 4.69) is 23.5 Å². The summed E-state index contributed by atoms with van der Waals surface area (Å²) in [6, 6.07) is 11.2. The molecule has 0 bridgehead atoms. The zero-order valence-electron chi connectivity index (χ0n) is 17.7. The molecule has 2 N–H and O–H groups in total. The Hall–Kier alpha value is -3.48. The molecule has 0 atom stereocenters. The number of hydrogen-bond acceptors (Lipinski definition) is 3. The first-order chi connectivity index (χ1) is 14.3. The maximum atomic E-state index is 11.7. The lowest BCUT2D eigenvalue weighted by Crippen LogP contribution is -2.35. The van der Waals surface area contributed by atoms with Gasteiger partial charge in [-0.25, -0.2) is 9.59 Å². The third-order valence-corrected chi connectivity index (χ3v) is 5.18. The molecule has 0 unspecified atom stereocenters. The first-order valence-electron chi connectivity index (χ1n) is 9.73. The first-order valence-corrected chi connectivity index (χ1v) is 9.73. The van der Waals surface area contributed by atoms with E-state index in [0.717, 1.165) is 22.0 Å². The number of aryl methyl sites for hydroxylation is 1. The van der Waals surface area contributed by atoms with Gasteiger partial charge in [-0.05, 0) is 41.8 Å². The number of amides is 2. The highest BCUT2D eigenvalue weighted by Crippen LogP contribution is 2.30. The highest BCUT2D eigenvalue weighted by atomic mass is 16.5. The number of ether oxygens (including phenoxy) is 1. The Bertz CT molecular complexity index is 1090. The van der Waals surface area contributed by atoms with Crippen molar-refractivity contribution in [3.63, 3.8) is 0 Å². The second-order valence-electron chi connectivity index (χ2n) is 7.46. The third kappa shape index (κ3) is 4.40. The standard InChI is InChI=1S/C23H27N3O4/c1-25(2)23(29)24-11-10-15-8-9-20-18(12-15)16(14-26(20)3)13-19-17(22(27)28)6-5-7-21(19)30-4/h5-9,12,14H,10-11,13H2,1-4H3,(H,24,29)(H,27,28). The summed E-state index contributed by atoms with van der Waals surface area (Å²) in [6.07, 6.45) is 3.18. The number of fused-ring (bicyclic) bond motifs is 1.